The maximum Gasteiger partial charge on any atom is 0.305 e. The van der Waals surface area contributed by atoms with Gasteiger partial charge < -0.3 is 5.11 Å². The van der Waals surface area contributed by atoms with Crippen LogP contribution in [-0.2, 0) is 21.2 Å². The van der Waals surface area contributed by atoms with Gasteiger partial charge in [-0.1, -0.05) is 42.3 Å². The van der Waals surface area contributed by atoms with Crippen molar-refractivity contribution in [3.63, 3.8) is 0 Å². The number of aryl methyl sites for hydroxylation is 1. The van der Waals surface area contributed by atoms with Crippen LogP contribution in [0.15, 0.2) is 47.4 Å². The van der Waals surface area contributed by atoms with Gasteiger partial charge in [-0.25, -0.2) is 8.42 Å². The molecule has 0 amide bonds. The number of hydrogen-bond donors (Lipinski definition) is 1. The highest BCUT2D eigenvalue weighted by Gasteiger charge is 2.28. The summed E-state index contributed by atoms with van der Waals surface area (Å²) in [7, 11) is -4.07. The second-order valence-electron chi connectivity index (χ2n) is 5.32. The molecule has 5 nitrogen and oxygen atoms in total. The number of nitrogens with zero attached hydrogens (tertiary/aromatic N) is 1. The number of carboxylic acids is 1. The molecule has 0 aromatic heterocycles. The zero-order valence-corrected chi connectivity index (χ0v) is 15.8. The molecule has 0 aliphatic rings. The molecule has 0 fully saturated rings. The van der Waals surface area contributed by atoms with E-state index in [0.717, 1.165) is 16.3 Å². The predicted molar refractivity (Wildman–Crippen MR) is 99.1 cm³/mol. The topological polar surface area (TPSA) is 74.7 Å². The number of carbonyl (C=O) groups is 1. The lowest BCUT2D eigenvalue weighted by Gasteiger charge is -2.24. The van der Waals surface area contributed by atoms with E-state index in [9.17, 15) is 13.2 Å². The first kappa shape index (κ1) is 19.6. The molecule has 0 bridgehead atoms. The van der Waals surface area contributed by atoms with Crippen LogP contribution in [0, 0.1) is 0 Å². The highest BCUT2D eigenvalue weighted by molar-refractivity contribution is 7.93. The van der Waals surface area contributed by atoms with E-state index in [-0.39, 0.29) is 27.9 Å². The number of halogens is 2. The molecule has 25 heavy (non-hydrogen) atoms. The molecule has 0 atom stereocenters. The number of carboxylic acid groups (broad SMARTS) is 1. The summed E-state index contributed by atoms with van der Waals surface area (Å²) in [5.41, 5.74) is 1.41. The van der Waals surface area contributed by atoms with Crippen molar-refractivity contribution in [1.82, 2.24) is 0 Å². The summed E-state index contributed by atoms with van der Waals surface area (Å²) in [4.78, 5) is 10.8. The summed E-state index contributed by atoms with van der Waals surface area (Å²) < 4.78 is 27.2. The van der Waals surface area contributed by atoms with E-state index in [2.05, 4.69) is 0 Å². The fourth-order valence-corrected chi connectivity index (χ4v) is 4.48. The molecule has 0 heterocycles. The normalized spacial score (nSPS) is 11.3. The SMILES string of the molecule is CCc1ccc(N(CCC(=O)O)S(=O)(=O)c2cc(Cl)ccc2Cl)cc1. The van der Waals surface area contributed by atoms with Gasteiger partial charge in [-0.3, -0.25) is 9.10 Å². The molecular weight excluding hydrogens is 385 g/mol. The third kappa shape index (κ3) is 4.66. The molecule has 0 saturated carbocycles. The lowest BCUT2D eigenvalue weighted by Crippen LogP contribution is -2.33. The van der Waals surface area contributed by atoms with Crippen LogP contribution in [0.2, 0.25) is 10.0 Å². The van der Waals surface area contributed by atoms with Crippen LogP contribution in [-0.4, -0.2) is 26.0 Å². The second-order valence-corrected chi connectivity index (χ2v) is 7.99. The summed E-state index contributed by atoms with van der Waals surface area (Å²) in [6.45, 7) is 1.77. The lowest BCUT2D eigenvalue weighted by molar-refractivity contribution is -0.136. The Hall–Kier alpha value is -1.76. The van der Waals surface area contributed by atoms with Crippen molar-refractivity contribution >= 4 is 44.9 Å². The van der Waals surface area contributed by atoms with Crippen molar-refractivity contribution in [2.75, 3.05) is 10.8 Å². The predicted octanol–water partition coefficient (Wildman–Crippen LogP) is 4.23. The number of anilines is 1. The minimum absolute atomic E-state index is 0.0231. The molecule has 0 aliphatic heterocycles. The Morgan fingerprint density at radius 3 is 2.32 bits per heavy atom. The molecule has 2 aromatic carbocycles. The van der Waals surface area contributed by atoms with Gasteiger partial charge in [0.05, 0.1) is 17.1 Å². The van der Waals surface area contributed by atoms with Gasteiger partial charge in [0, 0.05) is 11.6 Å². The van der Waals surface area contributed by atoms with Gasteiger partial charge in [-0.15, -0.1) is 0 Å². The second kappa shape index (κ2) is 8.08. The van der Waals surface area contributed by atoms with Gasteiger partial charge in [-0.05, 0) is 42.3 Å². The summed E-state index contributed by atoms with van der Waals surface area (Å²) >= 11 is 11.9. The fourth-order valence-electron chi connectivity index (χ4n) is 2.28. The van der Waals surface area contributed by atoms with Crippen LogP contribution < -0.4 is 4.31 Å². The number of aliphatic carboxylic acids is 1. The van der Waals surface area contributed by atoms with E-state index in [1.165, 1.54) is 18.2 Å². The zero-order chi connectivity index (χ0) is 18.6. The van der Waals surface area contributed by atoms with Crippen molar-refractivity contribution in [3.05, 3.63) is 58.1 Å². The Morgan fingerprint density at radius 2 is 1.76 bits per heavy atom. The first-order valence-electron chi connectivity index (χ1n) is 7.54. The minimum atomic E-state index is -4.07. The summed E-state index contributed by atoms with van der Waals surface area (Å²) in [6.07, 6.45) is 0.467. The standard InChI is InChI=1S/C17H17Cl2NO4S/c1-2-12-3-6-14(7-4-12)20(10-9-17(21)22)25(23,24)16-11-13(18)5-8-15(16)19/h3-8,11H,2,9-10H2,1H3,(H,21,22). The van der Waals surface area contributed by atoms with Crippen LogP contribution in [0.1, 0.15) is 18.9 Å². The Labute approximate surface area is 156 Å². The van der Waals surface area contributed by atoms with Crippen LogP contribution in [0.4, 0.5) is 5.69 Å². The Kier molecular flexibility index (Phi) is 6.32. The first-order chi connectivity index (χ1) is 11.8. The van der Waals surface area contributed by atoms with Crippen molar-refractivity contribution < 1.29 is 18.3 Å². The molecule has 0 saturated heterocycles. The largest absolute Gasteiger partial charge is 0.481 e. The summed E-state index contributed by atoms with van der Waals surface area (Å²) in [6, 6.07) is 11.0. The number of benzene rings is 2. The average Bonchev–Trinajstić information content (AvgIpc) is 2.57. The van der Waals surface area contributed by atoms with E-state index >= 15 is 0 Å². The molecule has 2 aromatic rings. The molecular formula is C17H17Cl2NO4S. The van der Waals surface area contributed by atoms with Crippen LogP contribution in [0.25, 0.3) is 0 Å². The van der Waals surface area contributed by atoms with Gasteiger partial charge in [-0.2, -0.15) is 0 Å². The fraction of sp³-hybridized carbons (Fsp3) is 0.235. The van der Waals surface area contributed by atoms with Crippen LogP contribution in [0.3, 0.4) is 0 Å². The molecule has 0 spiro atoms. The lowest BCUT2D eigenvalue weighted by atomic mass is 10.1. The quantitative estimate of drug-likeness (QED) is 0.752. The smallest absolute Gasteiger partial charge is 0.305 e. The average molecular weight is 402 g/mol. The maximum absolute atomic E-state index is 13.1. The number of sulfonamides is 1. The van der Waals surface area contributed by atoms with Crippen molar-refractivity contribution in [3.8, 4) is 0 Å². The maximum atomic E-state index is 13.1. The molecule has 8 heteroatoms. The van der Waals surface area contributed by atoms with Crippen molar-refractivity contribution in [2.24, 2.45) is 0 Å². The molecule has 0 radical (unpaired) electrons. The number of hydrogen-bond acceptors (Lipinski definition) is 3. The Morgan fingerprint density at radius 1 is 1.12 bits per heavy atom. The van der Waals surface area contributed by atoms with Gasteiger partial charge in [0.25, 0.3) is 10.0 Å². The minimum Gasteiger partial charge on any atom is -0.481 e. The van der Waals surface area contributed by atoms with E-state index < -0.39 is 16.0 Å². The molecule has 1 N–H and O–H groups in total. The highest BCUT2D eigenvalue weighted by Crippen LogP contribution is 2.31. The number of rotatable bonds is 7. The van der Waals surface area contributed by atoms with Gasteiger partial charge in [0.1, 0.15) is 4.90 Å². The van der Waals surface area contributed by atoms with Gasteiger partial charge in [0.2, 0.25) is 0 Å². The van der Waals surface area contributed by atoms with Crippen molar-refractivity contribution in [1.29, 1.82) is 0 Å². The Balaban J connectivity index is 2.52. The van der Waals surface area contributed by atoms with Gasteiger partial charge >= 0.3 is 5.97 Å². The highest BCUT2D eigenvalue weighted by atomic mass is 35.5. The first-order valence-corrected chi connectivity index (χ1v) is 9.74. The summed E-state index contributed by atoms with van der Waals surface area (Å²) in [5.74, 6) is -1.09. The third-order valence-electron chi connectivity index (χ3n) is 3.62. The molecule has 134 valence electrons. The monoisotopic (exact) mass is 401 g/mol. The van der Waals surface area contributed by atoms with E-state index in [1.807, 2.05) is 6.92 Å². The zero-order valence-electron chi connectivity index (χ0n) is 13.4. The van der Waals surface area contributed by atoms with Crippen LogP contribution >= 0.6 is 23.2 Å². The molecule has 2 rings (SSSR count). The summed E-state index contributed by atoms with van der Waals surface area (Å²) in [5, 5.41) is 9.21. The van der Waals surface area contributed by atoms with E-state index in [1.54, 1.807) is 24.3 Å². The van der Waals surface area contributed by atoms with Crippen LogP contribution in [0.5, 0.6) is 0 Å². The van der Waals surface area contributed by atoms with Crippen molar-refractivity contribution in [2.45, 2.75) is 24.7 Å². The third-order valence-corrected chi connectivity index (χ3v) is 6.17. The van der Waals surface area contributed by atoms with E-state index in [0.29, 0.717) is 5.69 Å². The van der Waals surface area contributed by atoms with Gasteiger partial charge in [0.15, 0.2) is 0 Å². The van der Waals surface area contributed by atoms with E-state index in [4.69, 9.17) is 28.3 Å². The molecule has 0 aliphatic carbocycles. The molecule has 0 unspecified atom stereocenters. The Bertz CT molecular complexity index is 867.